The molecule has 0 aliphatic heterocycles. The first kappa shape index (κ1) is 13.7. The minimum absolute atomic E-state index is 0.205. The third-order valence-corrected chi connectivity index (χ3v) is 2.39. The van der Waals surface area contributed by atoms with Gasteiger partial charge in [0.25, 0.3) is 0 Å². The van der Waals surface area contributed by atoms with Crippen molar-refractivity contribution in [2.45, 2.75) is 27.2 Å². The highest BCUT2D eigenvalue weighted by Crippen LogP contribution is 2.20. The van der Waals surface area contributed by atoms with E-state index in [1.165, 1.54) is 5.56 Å². The molecule has 0 aromatic heterocycles. The molecule has 0 unspecified atom stereocenters. The number of nitrogens with one attached hydrogen (secondary N) is 1. The number of hydrogen-bond donors (Lipinski definition) is 1. The quantitative estimate of drug-likeness (QED) is 0.643. The van der Waals surface area contributed by atoms with Gasteiger partial charge in [-0.1, -0.05) is 12.1 Å². The fourth-order valence-corrected chi connectivity index (χ4v) is 1.29. The molecular formula is C14H21NO2. The van der Waals surface area contributed by atoms with E-state index in [-0.39, 0.29) is 5.97 Å². The standard InChI is InChI=1S/C14H21NO2/c1-14(2,3)13(16)17-12-7-5-6-11(10-12)8-9-15-4/h5-7,10,15H,8-9H2,1-4H3. The lowest BCUT2D eigenvalue weighted by Crippen LogP contribution is -2.25. The largest absolute Gasteiger partial charge is 0.426 e. The van der Waals surface area contributed by atoms with Gasteiger partial charge in [0.15, 0.2) is 0 Å². The summed E-state index contributed by atoms with van der Waals surface area (Å²) in [6.07, 6.45) is 0.928. The van der Waals surface area contributed by atoms with E-state index in [1.54, 1.807) is 0 Å². The van der Waals surface area contributed by atoms with Gasteiger partial charge in [0.05, 0.1) is 5.41 Å². The van der Waals surface area contributed by atoms with Crippen molar-refractivity contribution in [1.29, 1.82) is 0 Å². The van der Waals surface area contributed by atoms with Crippen LogP contribution in [0.15, 0.2) is 24.3 Å². The summed E-state index contributed by atoms with van der Waals surface area (Å²) in [5, 5.41) is 3.09. The number of hydrogen-bond acceptors (Lipinski definition) is 3. The van der Waals surface area contributed by atoms with Crippen LogP contribution in [0.2, 0.25) is 0 Å². The van der Waals surface area contributed by atoms with Crippen LogP contribution in [-0.4, -0.2) is 19.6 Å². The Bertz CT molecular complexity index is 380. The van der Waals surface area contributed by atoms with E-state index in [2.05, 4.69) is 5.32 Å². The molecule has 3 nitrogen and oxygen atoms in total. The van der Waals surface area contributed by atoms with Gasteiger partial charge in [-0.3, -0.25) is 4.79 Å². The summed E-state index contributed by atoms with van der Waals surface area (Å²) in [5.41, 5.74) is 0.694. The first-order valence-corrected chi connectivity index (χ1v) is 5.89. The Morgan fingerprint density at radius 3 is 2.65 bits per heavy atom. The third-order valence-electron chi connectivity index (χ3n) is 2.39. The molecule has 0 saturated heterocycles. The van der Waals surface area contributed by atoms with Crippen LogP contribution in [-0.2, 0) is 11.2 Å². The van der Waals surface area contributed by atoms with E-state index in [4.69, 9.17) is 4.74 Å². The lowest BCUT2D eigenvalue weighted by molar-refractivity contribution is -0.142. The normalized spacial score (nSPS) is 11.3. The zero-order valence-corrected chi connectivity index (χ0v) is 11.0. The monoisotopic (exact) mass is 235 g/mol. The fraction of sp³-hybridized carbons (Fsp3) is 0.500. The number of likely N-dealkylation sites (N-methyl/N-ethyl adjacent to an activating group) is 1. The minimum atomic E-state index is -0.471. The number of carbonyl (C=O) groups excluding carboxylic acids is 1. The van der Waals surface area contributed by atoms with Gasteiger partial charge in [0.1, 0.15) is 5.75 Å². The predicted molar refractivity (Wildman–Crippen MR) is 69.2 cm³/mol. The number of benzene rings is 1. The van der Waals surface area contributed by atoms with Crippen molar-refractivity contribution in [2.24, 2.45) is 5.41 Å². The number of ether oxygens (including phenoxy) is 1. The minimum Gasteiger partial charge on any atom is -0.426 e. The summed E-state index contributed by atoms with van der Waals surface area (Å²) >= 11 is 0. The van der Waals surface area contributed by atoms with E-state index in [1.807, 2.05) is 52.1 Å². The van der Waals surface area contributed by atoms with Crippen molar-refractivity contribution < 1.29 is 9.53 Å². The van der Waals surface area contributed by atoms with Gasteiger partial charge in [-0.05, 0) is 58.5 Å². The van der Waals surface area contributed by atoms with Crippen LogP contribution >= 0.6 is 0 Å². The molecule has 0 spiro atoms. The van der Waals surface area contributed by atoms with Crippen LogP contribution in [0, 0.1) is 5.41 Å². The highest BCUT2D eigenvalue weighted by atomic mass is 16.5. The SMILES string of the molecule is CNCCc1cccc(OC(=O)C(C)(C)C)c1. The molecule has 1 rings (SSSR count). The number of rotatable bonds is 4. The second kappa shape index (κ2) is 5.82. The Balaban J connectivity index is 2.69. The molecule has 17 heavy (non-hydrogen) atoms. The molecule has 0 amide bonds. The average Bonchev–Trinajstić information content (AvgIpc) is 2.25. The molecule has 0 aliphatic carbocycles. The first-order chi connectivity index (χ1) is 7.93. The summed E-state index contributed by atoms with van der Waals surface area (Å²) in [7, 11) is 1.92. The molecule has 0 aliphatic rings. The van der Waals surface area contributed by atoms with Gasteiger partial charge in [0, 0.05) is 0 Å². The Hall–Kier alpha value is -1.35. The molecule has 0 atom stereocenters. The van der Waals surface area contributed by atoms with Crippen molar-refractivity contribution in [3.63, 3.8) is 0 Å². The average molecular weight is 235 g/mol. The molecular weight excluding hydrogens is 214 g/mol. The van der Waals surface area contributed by atoms with Gasteiger partial charge in [0.2, 0.25) is 0 Å². The maximum absolute atomic E-state index is 11.7. The maximum atomic E-state index is 11.7. The van der Waals surface area contributed by atoms with Crippen LogP contribution in [0.5, 0.6) is 5.75 Å². The molecule has 94 valence electrons. The van der Waals surface area contributed by atoms with E-state index in [0.29, 0.717) is 5.75 Å². The van der Waals surface area contributed by atoms with Crippen molar-refractivity contribution >= 4 is 5.97 Å². The van der Waals surface area contributed by atoms with Crippen molar-refractivity contribution in [3.05, 3.63) is 29.8 Å². The molecule has 0 heterocycles. The van der Waals surface area contributed by atoms with Crippen LogP contribution in [0.25, 0.3) is 0 Å². The summed E-state index contributed by atoms with van der Waals surface area (Å²) in [6.45, 7) is 6.46. The maximum Gasteiger partial charge on any atom is 0.316 e. The van der Waals surface area contributed by atoms with Gasteiger partial charge in [-0.15, -0.1) is 0 Å². The summed E-state index contributed by atoms with van der Waals surface area (Å²) < 4.78 is 5.34. The lowest BCUT2D eigenvalue weighted by Gasteiger charge is -2.16. The number of carbonyl (C=O) groups is 1. The summed E-state index contributed by atoms with van der Waals surface area (Å²) in [5.74, 6) is 0.418. The highest BCUT2D eigenvalue weighted by Gasteiger charge is 2.23. The fourth-order valence-electron chi connectivity index (χ4n) is 1.29. The first-order valence-electron chi connectivity index (χ1n) is 5.89. The van der Waals surface area contributed by atoms with Crippen molar-refractivity contribution in [1.82, 2.24) is 5.32 Å². The van der Waals surface area contributed by atoms with E-state index in [0.717, 1.165) is 13.0 Å². The summed E-state index contributed by atoms with van der Waals surface area (Å²) in [4.78, 5) is 11.7. The Morgan fingerprint density at radius 2 is 2.06 bits per heavy atom. The molecule has 1 N–H and O–H groups in total. The van der Waals surface area contributed by atoms with Gasteiger partial charge in [-0.2, -0.15) is 0 Å². The predicted octanol–water partition coefficient (Wildman–Crippen LogP) is 2.40. The zero-order chi connectivity index (χ0) is 12.9. The van der Waals surface area contributed by atoms with Crippen LogP contribution < -0.4 is 10.1 Å². The molecule has 1 aromatic carbocycles. The second-order valence-corrected chi connectivity index (χ2v) is 5.14. The van der Waals surface area contributed by atoms with Gasteiger partial charge < -0.3 is 10.1 Å². The van der Waals surface area contributed by atoms with E-state index in [9.17, 15) is 4.79 Å². The molecule has 3 heteroatoms. The Kier molecular flexibility index (Phi) is 4.70. The number of esters is 1. The second-order valence-electron chi connectivity index (χ2n) is 5.14. The molecule has 0 saturated carbocycles. The van der Waals surface area contributed by atoms with Gasteiger partial charge in [-0.25, -0.2) is 0 Å². The Morgan fingerprint density at radius 1 is 1.35 bits per heavy atom. The van der Waals surface area contributed by atoms with E-state index < -0.39 is 5.41 Å². The third kappa shape index (κ3) is 4.57. The van der Waals surface area contributed by atoms with Crippen LogP contribution in [0.3, 0.4) is 0 Å². The molecule has 0 fully saturated rings. The lowest BCUT2D eigenvalue weighted by atomic mass is 9.97. The molecule has 1 aromatic rings. The Labute approximate surface area is 103 Å². The van der Waals surface area contributed by atoms with E-state index >= 15 is 0 Å². The molecule has 0 bridgehead atoms. The highest BCUT2D eigenvalue weighted by molar-refractivity contribution is 5.77. The zero-order valence-electron chi connectivity index (χ0n) is 11.0. The smallest absolute Gasteiger partial charge is 0.316 e. The molecule has 0 radical (unpaired) electrons. The van der Waals surface area contributed by atoms with Crippen LogP contribution in [0.1, 0.15) is 26.3 Å². The van der Waals surface area contributed by atoms with Crippen molar-refractivity contribution in [2.75, 3.05) is 13.6 Å². The topological polar surface area (TPSA) is 38.3 Å². The van der Waals surface area contributed by atoms with Crippen molar-refractivity contribution in [3.8, 4) is 5.75 Å². The van der Waals surface area contributed by atoms with Crippen LogP contribution in [0.4, 0.5) is 0 Å². The van der Waals surface area contributed by atoms with Gasteiger partial charge >= 0.3 is 5.97 Å². The summed E-state index contributed by atoms with van der Waals surface area (Å²) in [6, 6.07) is 7.68.